The summed E-state index contributed by atoms with van der Waals surface area (Å²) >= 11 is 7.72. The number of rotatable bonds is 8. The summed E-state index contributed by atoms with van der Waals surface area (Å²) in [5.74, 6) is 0.760. The first-order valence-electron chi connectivity index (χ1n) is 6.92. The lowest BCUT2D eigenvalue weighted by atomic mass is 10.2. The summed E-state index contributed by atoms with van der Waals surface area (Å²) in [6, 6.07) is 5.81. The van der Waals surface area contributed by atoms with Crippen LogP contribution < -0.4 is 5.32 Å². The first-order valence-corrected chi connectivity index (χ1v) is 10.1. The molecule has 7 heteroatoms. The van der Waals surface area contributed by atoms with Crippen molar-refractivity contribution in [3.8, 4) is 0 Å². The van der Waals surface area contributed by atoms with E-state index in [9.17, 15) is 8.42 Å². The first-order chi connectivity index (χ1) is 9.95. The number of hydrogen-bond acceptors (Lipinski definition) is 4. The molecule has 0 spiro atoms. The van der Waals surface area contributed by atoms with Crippen molar-refractivity contribution in [1.82, 2.24) is 9.62 Å². The molecule has 0 unspecified atom stereocenters. The zero-order chi connectivity index (χ0) is 15.5. The molecule has 0 bridgehead atoms. The van der Waals surface area contributed by atoms with Crippen LogP contribution in [0.3, 0.4) is 0 Å². The Bertz CT molecular complexity index is 589. The maximum atomic E-state index is 12.6. The number of halogens is 1. The predicted octanol–water partition coefficient (Wildman–Crippen LogP) is 2.58. The van der Waals surface area contributed by atoms with Gasteiger partial charge in [0.05, 0.1) is 5.02 Å². The third kappa shape index (κ3) is 4.60. The van der Waals surface area contributed by atoms with Crippen LogP contribution in [-0.2, 0) is 16.6 Å². The summed E-state index contributed by atoms with van der Waals surface area (Å²) in [6.07, 6.45) is 4.37. The summed E-state index contributed by atoms with van der Waals surface area (Å²) in [5, 5.41) is 3.66. The molecule has 2 rings (SSSR count). The smallest absolute Gasteiger partial charge is 0.244 e. The monoisotopic (exact) mass is 348 g/mol. The maximum Gasteiger partial charge on any atom is 0.244 e. The van der Waals surface area contributed by atoms with Gasteiger partial charge in [-0.25, -0.2) is 12.7 Å². The van der Waals surface area contributed by atoms with Crippen molar-refractivity contribution in [3.63, 3.8) is 0 Å². The Balaban J connectivity index is 2.17. The van der Waals surface area contributed by atoms with Gasteiger partial charge in [-0.15, -0.1) is 0 Å². The number of benzene rings is 1. The molecule has 0 atom stereocenters. The second-order valence-corrected chi connectivity index (χ2v) is 8.65. The Morgan fingerprint density at radius 1 is 1.43 bits per heavy atom. The standard InChI is InChI=1S/C14H21ClN2O2S2/c1-17(7-8-20-2)21(18,19)14-9-11(3-6-13(14)15)10-16-12-4-5-12/h3,6,9,12,16H,4-5,7-8,10H2,1-2H3. The molecule has 0 aromatic heterocycles. The highest BCUT2D eigenvalue weighted by Crippen LogP contribution is 2.26. The van der Waals surface area contributed by atoms with E-state index >= 15 is 0 Å². The van der Waals surface area contributed by atoms with Crippen LogP contribution in [0.2, 0.25) is 5.02 Å². The molecule has 0 aliphatic heterocycles. The SMILES string of the molecule is CSCCN(C)S(=O)(=O)c1cc(CNC2CC2)ccc1Cl. The molecule has 1 aliphatic rings. The van der Waals surface area contributed by atoms with Gasteiger partial charge in [-0.05, 0) is 36.8 Å². The summed E-state index contributed by atoms with van der Waals surface area (Å²) in [6.45, 7) is 1.16. The molecule has 0 heterocycles. The van der Waals surface area contributed by atoms with E-state index in [0.717, 1.165) is 11.3 Å². The van der Waals surface area contributed by atoms with E-state index in [2.05, 4.69) is 5.32 Å². The normalized spacial score (nSPS) is 15.6. The molecule has 0 amide bonds. The molecule has 21 heavy (non-hydrogen) atoms. The van der Waals surface area contributed by atoms with Crippen LogP contribution in [0.15, 0.2) is 23.1 Å². The Morgan fingerprint density at radius 3 is 2.76 bits per heavy atom. The third-order valence-corrected chi connectivity index (χ3v) is 6.40. The van der Waals surface area contributed by atoms with E-state index in [4.69, 9.17) is 11.6 Å². The second kappa shape index (κ2) is 7.33. The quantitative estimate of drug-likeness (QED) is 0.784. The molecule has 1 fully saturated rings. The van der Waals surface area contributed by atoms with Crippen molar-refractivity contribution in [3.05, 3.63) is 28.8 Å². The van der Waals surface area contributed by atoms with E-state index in [-0.39, 0.29) is 9.92 Å². The average molecular weight is 349 g/mol. The van der Waals surface area contributed by atoms with Crippen molar-refractivity contribution in [2.45, 2.75) is 30.3 Å². The largest absolute Gasteiger partial charge is 0.310 e. The van der Waals surface area contributed by atoms with Crippen molar-refractivity contribution < 1.29 is 8.42 Å². The van der Waals surface area contributed by atoms with Crippen molar-refractivity contribution in [2.75, 3.05) is 25.6 Å². The minimum Gasteiger partial charge on any atom is -0.310 e. The van der Waals surface area contributed by atoms with Crippen molar-refractivity contribution in [1.29, 1.82) is 0 Å². The molecular formula is C14H21ClN2O2S2. The number of thioether (sulfide) groups is 1. The molecule has 4 nitrogen and oxygen atoms in total. The van der Waals surface area contributed by atoms with Gasteiger partial charge in [-0.2, -0.15) is 11.8 Å². The number of nitrogens with one attached hydrogen (secondary N) is 1. The Hall–Kier alpha value is -0.270. The Labute approximate surface area is 136 Å². The lowest BCUT2D eigenvalue weighted by molar-refractivity contribution is 0.488. The molecule has 1 aromatic rings. The van der Waals surface area contributed by atoms with Crippen molar-refractivity contribution >= 4 is 33.4 Å². The fourth-order valence-corrected chi connectivity index (χ4v) is 4.18. The highest BCUT2D eigenvalue weighted by Gasteiger charge is 2.24. The Kier molecular flexibility index (Phi) is 5.96. The van der Waals surface area contributed by atoms with E-state index in [1.54, 1.807) is 30.9 Å². The lowest BCUT2D eigenvalue weighted by Crippen LogP contribution is -2.29. The van der Waals surface area contributed by atoms with Crippen LogP contribution in [0.1, 0.15) is 18.4 Å². The van der Waals surface area contributed by atoms with Gasteiger partial charge < -0.3 is 5.32 Å². The minimum absolute atomic E-state index is 0.197. The third-order valence-electron chi connectivity index (χ3n) is 3.47. The van der Waals surface area contributed by atoms with Gasteiger partial charge in [0.15, 0.2) is 0 Å². The van der Waals surface area contributed by atoms with Gasteiger partial charge in [0, 0.05) is 31.9 Å². The maximum absolute atomic E-state index is 12.6. The fourth-order valence-electron chi connectivity index (χ4n) is 1.91. The van der Waals surface area contributed by atoms with Gasteiger partial charge in [0.25, 0.3) is 0 Å². The van der Waals surface area contributed by atoms with Gasteiger partial charge in [-0.3, -0.25) is 0 Å². The molecule has 0 saturated heterocycles. The van der Waals surface area contributed by atoms with Crippen LogP contribution in [0, 0.1) is 0 Å². The van der Waals surface area contributed by atoms with Crippen LogP contribution in [-0.4, -0.2) is 44.4 Å². The Morgan fingerprint density at radius 2 is 2.14 bits per heavy atom. The van der Waals surface area contributed by atoms with E-state index in [0.29, 0.717) is 19.1 Å². The fraction of sp³-hybridized carbons (Fsp3) is 0.571. The number of nitrogens with zero attached hydrogens (tertiary/aromatic N) is 1. The molecule has 1 aromatic carbocycles. The van der Waals surface area contributed by atoms with E-state index in [1.165, 1.54) is 17.1 Å². The summed E-state index contributed by atoms with van der Waals surface area (Å²) < 4.78 is 26.5. The van der Waals surface area contributed by atoms with Crippen LogP contribution >= 0.6 is 23.4 Å². The highest BCUT2D eigenvalue weighted by atomic mass is 35.5. The highest BCUT2D eigenvalue weighted by molar-refractivity contribution is 7.98. The molecular weight excluding hydrogens is 328 g/mol. The van der Waals surface area contributed by atoms with Gasteiger partial charge in [-0.1, -0.05) is 17.7 Å². The second-order valence-electron chi connectivity index (χ2n) is 5.24. The predicted molar refractivity (Wildman–Crippen MR) is 89.5 cm³/mol. The number of hydrogen-bond donors (Lipinski definition) is 1. The van der Waals surface area contributed by atoms with Gasteiger partial charge in [0.1, 0.15) is 4.90 Å². The van der Waals surface area contributed by atoms with E-state index in [1.807, 2.05) is 12.3 Å². The summed E-state index contributed by atoms with van der Waals surface area (Å²) in [5.41, 5.74) is 0.947. The lowest BCUT2D eigenvalue weighted by Gasteiger charge is -2.18. The molecule has 1 saturated carbocycles. The van der Waals surface area contributed by atoms with E-state index < -0.39 is 10.0 Å². The van der Waals surface area contributed by atoms with Crippen LogP contribution in [0.5, 0.6) is 0 Å². The molecule has 1 N–H and O–H groups in total. The zero-order valence-corrected chi connectivity index (χ0v) is 14.7. The molecule has 1 aliphatic carbocycles. The minimum atomic E-state index is -3.53. The molecule has 118 valence electrons. The van der Waals surface area contributed by atoms with Crippen LogP contribution in [0.4, 0.5) is 0 Å². The number of sulfonamides is 1. The van der Waals surface area contributed by atoms with Gasteiger partial charge in [0.2, 0.25) is 10.0 Å². The van der Waals surface area contributed by atoms with Crippen molar-refractivity contribution in [2.24, 2.45) is 0 Å². The summed E-state index contributed by atoms with van der Waals surface area (Å²) in [7, 11) is -1.93. The van der Waals surface area contributed by atoms with Crippen LogP contribution in [0.25, 0.3) is 0 Å². The first kappa shape index (κ1) is 17.1. The zero-order valence-electron chi connectivity index (χ0n) is 12.3. The molecule has 0 radical (unpaired) electrons. The van der Waals surface area contributed by atoms with Gasteiger partial charge >= 0.3 is 0 Å². The average Bonchev–Trinajstić information content (AvgIpc) is 3.27. The topological polar surface area (TPSA) is 49.4 Å². The summed E-state index contributed by atoms with van der Waals surface area (Å²) in [4.78, 5) is 0.197.